The predicted molar refractivity (Wildman–Crippen MR) is 98.0 cm³/mol. The van der Waals surface area contributed by atoms with Gasteiger partial charge in [-0.3, -0.25) is 0 Å². The minimum Gasteiger partial charge on any atom is -0.785 e. The zero-order chi connectivity index (χ0) is 16.1. The molecule has 0 atom stereocenters. The first-order valence-corrected chi connectivity index (χ1v) is 10.1. The molecule has 0 heterocycles. The van der Waals surface area contributed by atoms with Gasteiger partial charge in [0.2, 0.25) is 0 Å². The predicted octanol–water partition coefficient (Wildman–Crippen LogP) is 6.82. The smallest absolute Gasteiger partial charge is 0.00596 e. The van der Waals surface area contributed by atoms with Crippen molar-refractivity contribution in [3.63, 3.8) is 0 Å². The quantitative estimate of drug-likeness (QED) is 0.497. The second-order valence-electron chi connectivity index (χ2n) is 7.80. The molecule has 0 N–H and O–H groups in total. The lowest BCUT2D eigenvalue weighted by Gasteiger charge is -2.44. The third kappa shape index (κ3) is 9.15. The topological polar surface area (TPSA) is 26.3 Å². The Morgan fingerprint density at radius 3 is 1.00 bits per heavy atom. The van der Waals surface area contributed by atoms with Gasteiger partial charge in [-0.2, -0.15) is 0 Å². The van der Waals surface area contributed by atoms with Crippen LogP contribution in [0.15, 0.2) is 0 Å². The highest BCUT2D eigenvalue weighted by Crippen LogP contribution is 2.28. The number of hydroxylamine groups is 2. The van der Waals surface area contributed by atoms with Crippen molar-refractivity contribution in [1.29, 1.82) is 0 Å². The van der Waals surface area contributed by atoms with Crippen LogP contribution in [0.4, 0.5) is 0 Å². The van der Waals surface area contributed by atoms with E-state index >= 15 is 0 Å². The summed E-state index contributed by atoms with van der Waals surface area (Å²) < 4.78 is 0. The van der Waals surface area contributed by atoms with Gasteiger partial charge in [-0.15, -0.1) is 0 Å². The van der Waals surface area contributed by atoms with E-state index in [1.54, 1.807) is 7.05 Å². The van der Waals surface area contributed by atoms with Crippen LogP contribution in [0.2, 0.25) is 0 Å². The number of nitrogens with zero attached hydrogens (tertiary/aromatic N) is 1. The summed E-state index contributed by atoms with van der Waals surface area (Å²) >= 11 is 0. The minimum absolute atomic E-state index is 0.120. The molecule has 0 bridgehead atoms. The van der Waals surface area contributed by atoms with Gasteiger partial charge < -0.3 is 10.3 Å². The summed E-state index contributed by atoms with van der Waals surface area (Å²) in [5, 5.41) is 13.2. The van der Waals surface area contributed by atoms with Crippen LogP contribution >= 0.6 is 0 Å². The van der Waals surface area contributed by atoms with Crippen LogP contribution in [-0.2, 0) is 0 Å². The molecule has 2 nitrogen and oxygen atoms in total. The van der Waals surface area contributed by atoms with Crippen molar-refractivity contribution < 1.29 is 0 Å². The fourth-order valence-electron chi connectivity index (χ4n) is 3.75. The number of hydrogen-bond acceptors (Lipinski definition) is 2. The molecule has 1 aliphatic carbocycles. The van der Waals surface area contributed by atoms with Crippen molar-refractivity contribution in [3.05, 3.63) is 5.21 Å². The highest BCUT2D eigenvalue weighted by molar-refractivity contribution is 4.84. The van der Waals surface area contributed by atoms with E-state index in [2.05, 4.69) is 6.92 Å². The summed E-state index contributed by atoms with van der Waals surface area (Å²) in [6.45, 7) is 2.18. The monoisotopic (exact) mass is 310 g/mol. The Bertz CT molecular complexity index is 234. The van der Waals surface area contributed by atoms with Crippen molar-refractivity contribution in [2.75, 3.05) is 7.05 Å². The van der Waals surface area contributed by atoms with Crippen molar-refractivity contribution in [3.8, 4) is 0 Å². The van der Waals surface area contributed by atoms with Gasteiger partial charge in [-0.1, -0.05) is 96.3 Å². The maximum absolute atomic E-state index is 12.0. The van der Waals surface area contributed by atoms with Crippen LogP contribution in [0.5, 0.6) is 0 Å². The molecule has 22 heavy (non-hydrogen) atoms. The van der Waals surface area contributed by atoms with Crippen LogP contribution < -0.4 is 0 Å². The van der Waals surface area contributed by atoms with E-state index in [1.165, 1.54) is 101 Å². The molecule has 0 spiro atoms. The normalized spacial score (nSPS) is 24.5. The first-order valence-electron chi connectivity index (χ1n) is 10.1. The van der Waals surface area contributed by atoms with E-state index in [0.717, 1.165) is 12.8 Å². The Morgan fingerprint density at radius 2 is 0.773 bits per heavy atom. The third-order valence-corrected chi connectivity index (χ3v) is 5.69. The highest BCUT2D eigenvalue weighted by atomic mass is 16.5. The summed E-state index contributed by atoms with van der Waals surface area (Å²) in [4.78, 5) is 0. The Morgan fingerprint density at radius 1 is 0.545 bits per heavy atom. The Labute approximate surface area is 139 Å². The molecule has 0 saturated heterocycles. The first-order chi connectivity index (χ1) is 10.7. The minimum atomic E-state index is -0.120. The molecule has 0 aromatic carbocycles. The van der Waals surface area contributed by atoms with Gasteiger partial charge in [0, 0.05) is 5.54 Å². The van der Waals surface area contributed by atoms with Gasteiger partial charge in [-0.25, -0.2) is 0 Å². The molecule has 1 saturated carbocycles. The van der Waals surface area contributed by atoms with Crippen LogP contribution in [0.1, 0.15) is 116 Å². The number of rotatable bonds is 1. The molecule has 0 aromatic rings. The van der Waals surface area contributed by atoms with Crippen LogP contribution in [0, 0.1) is 5.21 Å². The average Bonchev–Trinajstić information content (AvgIpc) is 2.49. The Balaban J connectivity index is 2.33. The lowest BCUT2D eigenvalue weighted by atomic mass is 9.87. The summed E-state index contributed by atoms with van der Waals surface area (Å²) in [6, 6.07) is 0. The summed E-state index contributed by atoms with van der Waals surface area (Å²) in [6.07, 6.45) is 22.8. The van der Waals surface area contributed by atoms with E-state index in [0.29, 0.717) is 0 Å². The molecule has 2 heteroatoms. The number of hydrogen-bond donors (Lipinski definition) is 0. The molecule has 1 aliphatic rings. The summed E-state index contributed by atoms with van der Waals surface area (Å²) in [5.41, 5.74) is -0.120. The fraction of sp³-hybridized carbons (Fsp3) is 1.00. The van der Waals surface area contributed by atoms with Crippen LogP contribution in [0.25, 0.3) is 0 Å². The van der Waals surface area contributed by atoms with E-state index in [1.807, 2.05) is 0 Å². The Hall–Kier alpha value is -0.0800. The van der Waals surface area contributed by atoms with E-state index < -0.39 is 0 Å². The molecule has 0 amide bonds. The first kappa shape index (κ1) is 20.0. The molecule has 0 unspecified atom stereocenters. The molecule has 1 rings (SSSR count). The van der Waals surface area contributed by atoms with Crippen molar-refractivity contribution >= 4 is 0 Å². The second-order valence-corrected chi connectivity index (χ2v) is 7.80. The van der Waals surface area contributed by atoms with Crippen molar-refractivity contribution in [2.45, 2.75) is 122 Å². The van der Waals surface area contributed by atoms with Gasteiger partial charge in [0.25, 0.3) is 0 Å². The summed E-state index contributed by atoms with van der Waals surface area (Å²) in [7, 11) is 1.73. The average molecular weight is 311 g/mol. The molecular weight excluding hydrogens is 270 g/mol. The molecular formula is C20H40NO-. The third-order valence-electron chi connectivity index (χ3n) is 5.69. The van der Waals surface area contributed by atoms with Gasteiger partial charge >= 0.3 is 0 Å². The zero-order valence-corrected chi connectivity index (χ0v) is 15.4. The maximum atomic E-state index is 12.0. The molecule has 0 aliphatic heterocycles. The fourth-order valence-corrected chi connectivity index (χ4v) is 3.75. The summed E-state index contributed by atoms with van der Waals surface area (Å²) in [5.74, 6) is 0. The largest absolute Gasteiger partial charge is 0.785 e. The standard InChI is InChI=1S/C20H40NO/c1-20(21(2)22)18-16-14-12-10-8-6-4-3-5-7-9-11-13-15-17-19-20/h3-19H2,1-2H3/q-1. The SMILES string of the molecule is CN([O-])C1(C)CCCCCCCCCCCCCCCCC1. The maximum Gasteiger partial charge on any atom is 0.00596 e. The van der Waals surface area contributed by atoms with Crippen LogP contribution in [-0.4, -0.2) is 17.6 Å². The molecule has 0 radical (unpaired) electrons. The zero-order valence-electron chi connectivity index (χ0n) is 15.4. The lowest BCUT2D eigenvalue weighted by molar-refractivity contribution is 0.162. The van der Waals surface area contributed by atoms with E-state index in [-0.39, 0.29) is 5.54 Å². The molecule has 132 valence electrons. The molecule has 0 aromatic heterocycles. The van der Waals surface area contributed by atoms with E-state index in [9.17, 15) is 5.21 Å². The van der Waals surface area contributed by atoms with Crippen LogP contribution in [0.3, 0.4) is 0 Å². The molecule has 1 fully saturated rings. The van der Waals surface area contributed by atoms with Crippen molar-refractivity contribution in [2.24, 2.45) is 0 Å². The van der Waals surface area contributed by atoms with Gasteiger partial charge in [0.15, 0.2) is 0 Å². The van der Waals surface area contributed by atoms with Gasteiger partial charge in [0.1, 0.15) is 0 Å². The van der Waals surface area contributed by atoms with E-state index in [4.69, 9.17) is 0 Å². The van der Waals surface area contributed by atoms with Gasteiger partial charge in [-0.05, 0) is 26.8 Å². The lowest BCUT2D eigenvalue weighted by Crippen LogP contribution is -2.40. The van der Waals surface area contributed by atoms with Gasteiger partial charge in [0.05, 0.1) is 0 Å². The highest BCUT2D eigenvalue weighted by Gasteiger charge is 2.22. The Kier molecular flexibility index (Phi) is 11.2. The second kappa shape index (κ2) is 12.4. The van der Waals surface area contributed by atoms with Crippen molar-refractivity contribution in [1.82, 2.24) is 5.06 Å².